The normalized spacial score (nSPS) is 10.4. The number of halogens is 2. The molecule has 0 aliphatic heterocycles. The van der Waals surface area contributed by atoms with Crippen LogP contribution in [0.4, 0.5) is 9.59 Å². The topological polar surface area (TPSA) is 52.6 Å². The van der Waals surface area contributed by atoms with Gasteiger partial charge in [-0.1, -0.05) is 31.2 Å². The SMILES string of the molecule is CCC(c1ccc(OC(=O)Cl)cc1)c1ccc(OC(=O)Cl)cc1. The maximum absolute atomic E-state index is 10.7. The lowest BCUT2D eigenvalue weighted by molar-refractivity contribution is 0.224. The summed E-state index contributed by atoms with van der Waals surface area (Å²) < 4.78 is 9.61. The molecule has 23 heavy (non-hydrogen) atoms. The number of ether oxygens (including phenoxy) is 2. The van der Waals surface area contributed by atoms with Crippen molar-refractivity contribution in [3.05, 3.63) is 59.7 Å². The first kappa shape index (κ1) is 17.3. The minimum Gasteiger partial charge on any atom is -0.415 e. The highest BCUT2D eigenvalue weighted by Gasteiger charge is 2.13. The van der Waals surface area contributed by atoms with Crippen LogP contribution in [-0.4, -0.2) is 10.9 Å². The maximum atomic E-state index is 10.7. The van der Waals surface area contributed by atoms with Crippen molar-refractivity contribution < 1.29 is 19.1 Å². The van der Waals surface area contributed by atoms with Gasteiger partial charge in [0.2, 0.25) is 0 Å². The Balaban J connectivity index is 2.18. The van der Waals surface area contributed by atoms with Gasteiger partial charge in [-0.05, 0) is 41.8 Å². The van der Waals surface area contributed by atoms with E-state index in [-0.39, 0.29) is 5.92 Å². The molecule has 0 aromatic heterocycles. The van der Waals surface area contributed by atoms with E-state index in [1.807, 2.05) is 24.3 Å². The molecule has 0 unspecified atom stereocenters. The van der Waals surface area contributed by atoms with Crippen molar-refractivity contribution in [2.75, 3.05) is 0 Å². The molecule has 0 saturated heterocycles. The molecule has 120 valence electrons. The van der Waals surface area contributed by atoms with E-state index in [0.717, 1.165) is 17.5 Å². The number of carbonyl (C=O) groups is 2. The highest BCUT2D eigenvalue weighted by Crippen LogP contribution is 2.30. The van der Waals surface area contributed by atoms with Gasteiger partial charge < -0.3 is 9.47 Å². The summed E-state index contributed by atoms with van der Waals surface area (Å²) >= 11 is 10.4. The van der Waals surface area contributed by atoms with Crippen LogP contribution in [0.15, 0.2) is 48.5 Å². The molecule has 2 rings (SSSR count). The first-order chi connectivity index (χ1) is 11.0. The average molecular weight is 353 g/mol. The van der Waals surface area contributed by atoms with Gasteiger partial charge in [-0.25, -0.2) is 9.59 Å². The Hall–Kier alpha value is -2.04. The number of hydrogen-bond donors (Lipinski definition) is 0. The molecule has 0 heterocycles. The largest absolute Gasteiger partial charge is 0.415 e. The van der Waals surface area contributed by atoms with Crippen molar-refractivity contribution in [2.45, 2.75) is 19.3 Å². The molecule has 0 fully saturated rings. The molecular weight excluding hydrogens is 339 g/mol. The maximum Gasteiger partial charge on any atom is 0.409 e. The van der Waals surface area contributed by atoms with Gasteiger partial charge in [-0.2, -0.15) is 0 Å². The third-order valence-corrected chi connectivity index (χ3v) is 3.52. The van der Waals surface area contributed by atoms with Crippen LogP contribution in [0.25, 0.3) is 0 Å². The van der Waals surface area contributed by atoms with E-state index >= 15 is 0 Å². The van der Waals surface area contributed by atoms with Crippen molar-refractivity contribution in [1.82, 2.24) is 0 Å². The Morgan fingerprint density at radius 2 is 1.17 bits per heavy atom. The van der Waals surface area contributed by atoms with E-state index in [2.05, 4.69) is 6.92 Å². The second-order valence-electron chi connectivity index (χ2n) is 4.78. The fraction of sp³-hybridized carbons (Fsp3) is 0.176. The zero-order valence-electron chi connectivity index (χ0n) is 12.3. The molecule has 0 spiro atoms. The predicted molar refractivity (Wildman–Crippen MR) is 88.8 cm³/mol. The van der Waals surface area contributed by atoms with Gasteiger partial charge in [0.05, 0.1) is 0 Å². The van der Waals surface area contributed by atoms with Crippen LogP contribution >= 0.6 is 23.2 Å². The fourth-order valence-electron chi connectivity index (χ4n) is 2.39. The van der Waals surface area contributed by atoms with Crippen molar-refractivity contribution in [2.24, 2.45) is 0 Å². The second kappa shape index (κ2) is 7.99. The first-order valence-corrected chi connectivity index (χ1v) is 7.69. The van der Waals surface area contributed by atoms with E-state index in [4.69, 9.17) is 32.7 Å². The van der Waals surface area contributed by atoms with Crippen molar-refractivity contribution in [3.63, 3.8) is 0 Å². The number of hydrogen-bond acceptors (Lipinski definition) is 4. The first-order valence-electron chi connectivity index (χ1n) is 6.94. The van der Waals surface area contributed by atoms with Gasteiger partial charge in [0.25, 0.3) is 0 Å². The van der Waals surface area contributed by atoms with Crippen LogP contribution in [0, 0.1) is 0 Å². The van der Waals surface area contributed by atoms with Crippen LogP contribution in [0.1, 0.15) is 30.4 Å². The summed E-state index contributed by atoms with van der Waals surface area (Å²) in [5.41, 5.74) is 0.413. The summed E-state index contributed by atoms with van der Waals surface area (Å²) in [6.45, 7) is 2.07. The molecule has 0 saturated carbocycles. The molecule has 0 bridgehead atoms. The third-order valence-electron chi connectivity index (χ3n) is 3.37. The zero-order chi connectivity index (χ0) is 16.8. The molecule has 2 aromatic rings. The summed E-state index contributed by atoms with van der Waals surface area (Å²) in [5, 5.41) is 0. The minimum absolute atomic E-state index is 0.163. The van der Waals surface area contributed by atoms with E-state index in [0.29, 0.717) is 11.5 Å². The van der Waals surface area contributed by atoms with Crippen molar-refractivity contribution >= 4 is 34.1 Å². The van der Waals surface area contributed by atoms with Gasteiger partial charge in [0.1, 0.15) is 11.5 Å². The number of rotatable bonds is 5. The van der Waals surface area contributed by atoms with Crippen LogP contribution in [0.2, 0.25) is 0 Å². The molecule has 0 atom stereocenters. The van der Waals surface area contributed by atoms with Crippen LogP contribution in [-0.2, 0) is 0 Å². The molecule has 0 aliphatic carbocycles. The predicted octanol–water partition coefficient (Wildman–Crippen LogP) is 5.70. The molecule has 6 heteroatoms. The molecular formula is C17H14Cl2O4. The van der Waals surface area contributed by atoms with E-state index < -0.39 is 10.9 Å². The summed E-state index contributed by atoms with van der Waals surface area (Å²) in [6, 6.07) is 14.3. The molecule has 2 aromatic carbocycles. The van der Waals surface area contributed by atoms with Gasteiger partial charge in [-0.15, -0.1) is 0 Å². The smallest absolute Gasteiger partial charge is 0.409 e. The van der Waals surface area contributed by atoms with E-state index in [9.17, 15) is 9.59 Å². The summed E-state index contributed by atoms with van der Waals surface area (Å²) in [4.78, 5) is 21.4. The van der Waals surface area contributed by atoms with E-state index in [1.165, 1.54) is 0 Å². The highest BCUT2D eigenvalue weighted by molar-refractivity contribution is 6.61. The number of carbonyl (C=O) groups excluding carboxylic acids is 2. The lowest BCUT2D eigenvalue weighted by Gasteiger charge is -2.16. The van der Waals surface area contributed by atoms with Gasteiger partial charge in [0, 0.05) is 29.1 Å². The minimum atomic E-state index is -0.866. The van der Waals surface area contributed by atoms with Crippen LogP contribution in [0.3, 0.4) is 0 Å². The second-order valence-corrected chi connectivity index (χ2v) is 5.40. The lowest BCUT2D eigenvalue weighted by atomic mass is 9.89. The standard InChI is InChI=1S/C17H14Cl2O4/c1-2-15(11-3-7-13(8-4-11)22-16(18)20)12-5-9-14(10-6-12)23-17(19)21/h3-10,15H,2H2,1H3. The summed E-state index contributed by atoms with van der Waals surface area (Å²) in [6.07, 6.45) is 0.878. The molecule has 0 amide bonds. The van der Waals surface area contributed by atoms with Crippen LogP contribution < -0.4 is 9.47 Å². The quantitative estimate of drug-likeness (QED) is 0.647. The Labute approximate surface area is 143 Å². The van der Waals surface area contributed by atoms with Gasteiger partial charge in [0.15, 0.2) is 0 Å². The van der Waals surface area contributed by atoms with E-state index in [1.54, 1.807) is 24.3 Å². The highest BCUT2D eigenvalue weighted by atomic mass is 35.5. The Morgan fingerprint density at radius 1 is 0.826 bits per heavy atom. The van der Waals surface area contributed by atoms with Crippen molar-refractivity contribution in [1.29, 1.82) is 0 Å². The Bertz CT molecular complexity index is 621. The zero-order valence-corrected chi connectivity index (χ0v) is 13.8. The average Bonchev–Trinajstić information content (AvgIpc) is 2.50. The third kappa shape index (κ3) is 4.98. The van der Waals surface area contributed by atoms with Crippen molar-refractivity contribution in [3.8, 4) is 11.5 Å². The monoisotopic (exact) mass is 352 g/mol. The lowest BCUT2D eigenvalue weighted by Crippen LogP contribution is -2.01. The molecule has 0 radical (unpaired) electrons. The van der Waals surface area contributed by atoms with Gasteiger partial charge >= 0.3 is 10.9 Å². The molecule has 0 N–H and O–H groups in total. The summed E-state index contributed by atoms with van der Waals surface area (Å²) in [7, 11) is 0. The molecule has 0 aliphatic rings. The molecule has 4 nitrogen and oxygen atoms in total. The van der Waals surface area contributed by atoms with Crippen LogP contribution in [0.5, 0.6) is 11.5 Å². The Kier molecular flexibility index (Phi) is 6.02. The van der Waals surface area contributed by atoms with Gasteiger partial charge in [-0.3, -0.25) is 0 Å². The number of benzene rings is 2. The Morgan fingerprint density at radius 3 is 1.43 bits per heavy atom. The fourth-order valence-corrected chi connectivity index (χ4v) is 2.56. The summed E-state index contributed by atoms with van der Waals surface area (Å²) in [5.74, 6) is 0.956.